The summed E-state index contributed by atoms with van der Waals surface area (Å²) in [5, 5.41) is 0. The summed E-state index contributed by atoms with van der Waals surface area (Å²) in [5.41, 5.74) is 0.842. The number of hydrogen-bond acceptors (Lipinski definition) is 4. The fourth-order valence-electron chi connectivity index (χ4n) is 1.27. The van der Waals surface area contributed by atoms with Gasteiger partial charge in [-0.2, -0.15) is 0 Å². The molecule has 18 heavy (non-hydrogen) atoms. The zero-order chi connectivity index (χ0) is 14.0. The Morgan fingerprint density at radius 2 is 1.61 bits per heavy atom. The quantitative estimate of drug-likeness (QED) is 0.762. The molecule has 102 valence electrons. The van der Waals surface area contributed by atoms with Crippen molar-refractivity contribution in [1.29, 1.82) is 0 Å². The number of benzene rings is 1. The summed E-state index contributed by atoms with van der Waals surface area (Å²) >= 11 is 0. The van der Waals surface area contributed by atoms with Gasteiger partial charge in [-0.25, -0.2) is 21.1 Å². The molecule has 0 radical (unpaired) electrons. The van der Waals surface area contributed by atoms with E-state index in [4.69, 9.17) is 10.7 Å². The summed E-state index contributed by atoms with van der Waals surface area (Å²) in [6, 6.07) is 6.03. The van der Waals surface area contributed by atoms with Crippen LogP contribution in [-0.2, 0) is 25.5 Å². The number of rotatable bonds is 5. The van der Waals surface area contributed by atoms with Gasteiger partial charge in [0, 0.05) is 24.3 Å². The van der Waals surface area contributed by atoms with E-state index in [2.05, 4.69) is 0 Å². The molecule has 0 saturated heterocycles. The molecule has 0 bridgehead atoms. The van der Waals surface area contributed by atoms with Crippen LogP contribution >= 0.6 is 10.7 Å². The molecule has 1 rings (SSSR count). The minimum absolute atomic E-state index is 0.0318. The van der Waals surface area contributed by atoms with Crippen LogP contribution in [0, 0.1) is 0 Å². The maximum Gasteiger partial charge on any atom is 0.261 e. The Bertz CT molecular complexity index is 608. The highest BCUT2D eigenvalue weighted by Gasteiger charge is 2.11. The molecule has 1 aromatic carbocycles. The van der Waals surface area contributed by atoms with Gasteiger partial charge in [0.1, 0.15) is 0 Å². The van der Waals surface area contributed by atoms with Gasteiger partial charge in [-0.15, -0.1) is 0 Å². The van der Waals surface area contributed by atoms with Crippen LogP contribution in [0.25, 0.3) is 0 Å². The Balaban J connectivity index is 2.72. The number of halogens is 1. The maximum atomic E-state index is 11.2. The standard InChI is InChI=1S/C10H14ClNO4S2/c1-12(17(2,13)14)8-7-9-3-5-10(6-4-9)18(11,15)16/h3-6H,7-8H2,1-2H3. The molecule has 0 unspecified atom stereocenters. The third-order valence-electron chi connectivity index (χ3n) is 2.49. The topological polar surface area (TPSA) is 71.5 Å². The lowest BCUT2D eigenvalue weighted by Gasteiger charge is -2.13. The van der Waals surface area contributed by atoms with E-state index in [9.17, 15) is 16.8 Å². The predicted molar refractivity (Wildman–Crippen MR) is 70.7 cm³/mol. The molecular weight excluding hydrogens is 298 g/mol. The lowest BCUT2D eigenvalue weighted by Crippen LogP contribution is -2.27. The van der Waals surface area contributed by atoms with Crippen molar-refractivity contribution in [2.75, 3.05) is 19.8 Å². The molecule has 0 aliphatic heterocycles. The molecule has 0 aromatic heterocycles. The van der Waals surface area contributed by atoms with Crippen molar-refractivity contribution in [2.24, 2.45) is 0 Å². The summed E-state index contributed by atoms with van der Waals surface area (Å²) in [6.45, 7) is 0.339. The van der Waals surface area contributed by atoms with E-state index in [-0.39, 0.29) is 4.90 Å². The molecular formula is C10H14ClNO4S2. The average Bonchev–Trinajstić information content (AvgIpc) is 2.24. The Morgan fingerprint density at radius 1 is 1.11 bits per heavy atom. The van der Waals surface area contributed by atoms with Crippen molar-refractivity contribution in [2.45, 2.75) is 11.3 Å². The molecule has 0 fully saturated rings. The largest absolute Gasteiger partial charge is 0.261 e. The highest BCUT2D eigenvalue weighted by molar-refractivity contribution is 8.13. The van der Waals surface area contributed by atoms with Crippen molar-refractivity contribution < 1.29 is 16.8 Å². The van der Waals surface area contributed by atoms with Gasteiger partial charge in [-0.05, 0) is 24.1 Å². The van der Waals surface area contributed by atoms with Crippen LogP contribution in [0.2, 0.25) is 0 Å². The zero-order valence-corrected chi connectivity index (χ0v) is 12.4. The van der Waals surface area contributed by atoms with Crippen molar-refractivity contribution in [3.05, 3.63) is 29.8 Å². The first-order valence-electron chi connectivity index (χ1n) is 5.05. The monoisotopic (exact) mass is 311 g/mol. The Labute approximate surface area is 112 Å². The minimum atomic E-state index is -3.71. The molecule has 0 amide bonds. The Hall–Kier alpha value is -0.630. The number of hydrogen-bond donors (Lipinski definition) is 0. The van der Waals surface area contributed by atoms with Crippen LogP contribution in [0.4, 0.5) is 0 Å². The number of likely N-dealkylation sites (N-methyl/N-ethyl adjacent to an activating group) is 1. The molecule has 0 saturated carbocycles. The molecule has 5 nitrogen and oxygen atoms in total. The molecule has 0 aliphatic rings. The van der Waals surface area contributed by atoms with E-state index in [1.807, 2.05) is 0 Å². The Kier molecular flexibility index (Phi) is 4.77. The fraction of sp³-hybridized carbons (Fsp3) is 0.400. The Morgan fingerprint density at radius 3 is 2.00 bits per heavy atom. The van der Waals surface area contributed by atoms with Crippen molar-refractivity contribution >= 4 is 29.8 Å². The van der Waals surface area contributed by atoms with E-state index >= 15 is 0 Å². The van der Waals surface area contributed by atoms with E-state index in [1.54, 1.807) is 12.1 Å². The van der Waals surface area contributed by atoms with Crippen LogP contribution in [0.5, 0.6) is 0 Å². The first kappa shape index (κ1) is 15.4. The highest BCUT2D eigenvalue weighted by Crippen LogP contribution is 2.15. The van der Waals surface area contributed by atoms with Crippen molar-refractivity contribution in [3.63, 3.8) is 0 Å². The van der Waals surface area contributed by atoms with Gasteiger partial charge in [0.25, 0.3) is 9.05 Å². The smallest absolute Gasteiger partial charge is 0.213 e. The van der Waals surface area contributed by atoms with Crippen molar-refractivity contribution in [1.82, 2.24) is 4.31 Å². The zero-order valence-electron chi connectivity index (χ0n) is 10.00. The van der Waals surface area contributed by atoms with E-state index < -0.39 is 19.1 Å². The van der Waals surface area contributed by atoms with Gasteiger partial charge < -0.3 is 0 Å². The molecule has 1 aromatic rings. The molecule has 0 atom stereocenters. The number of nitrogens with zero attached hydrogens (tertiary/aromatic N) is 1. The predicted octanol–water partition coefficient (Wildman–Crippen LogP) is 1.05. The van der Waals surface area contributed by atoms with E-state index in [1.165, 1.54) is 23.5 Å². The summed E-state index contributed by atoms with van der Waals surface area (Å²) in [4.78, 5) is 0.0318. The second-order valence-electron chi connectivity index (χ2n) is 3.92. The number of sulfonamides is 1. The van der Waals surface area contributed by atoms with Crippen LogP contribution in [0.1, 0.15) is 5.56 Å². The van der Waals surface area contributed by atoms with Gasteiger partial charge in [0.05, 0.1) is 11.2 Å². The lowest BCUT2D eigenvalue weighted by molar-refractivity contribution is 0.478. The van der Waals surface area contributed by atoms with Crippen LogP contribution in [0.3, 0.4) is 0 Å². The second kappa shape index (κ2) is 5.56. The third-order valence-corrected chi connectivity index (χ3v) is 5.17. The fourth-order valence-corrected chi connectivity index (χ4v) is 2.46. The second-order valence-corrected chi connectivity index (χ2v) is 8.57. The van der Waals surface area contributed by atoms with Crippen LogP contribution in [-0.4, -0.2) is 41.0 Å². The third kappa shape index (κ3) is 4.56. The summed E-state index contributed by atoms with van der Waals surface area (Å²) in [6.07, 6.45) is 1.64. The van der Waals surface area contributed by atoms with Gasteiger partial charge in [-0.3, -0.25) is 0 Å². The summed E-state index contributed by atoms with van der Waals surface area (Å²) < 4.78 is 45.6. The summed E-state index contributed by atoms with van der Waals surface area (Å²) in [5.74, 6) is 0. The van der Waals surface area contributed by atoms with Crippen molar-refractivity contribution in [3.8, 4) is 0 Å². The van der Waals surface area contributed by atoms with Crippen LogP contribution < -0.4 is 0 Å². The van der Waals surface area contributed by atoms with Gasteiger partial charge >= 0.3 is 0 Å². The SMILES string of the molecule is CN(CCc1ccc(S(=O)(=O)Cl)cc1)S(C)(=O)=O. The lowest BCUT2D eigenvalue weighted by atomic mass is 10.1. The average molecular weight is 312 g/mol. The van der Waals surface area contributed by atoms with Gasteiger partial charge in [0.15, 0.2) is 0 Å². The highest BCUT2D eigenvalue weighted by atomic mass is 35.7. The molecule has 0 heterocycles. The van der Waals surface area contributed by atoms with E-state index in [0.29, 0.717) is 13.0 Å². The van der Waals surface area contributed by atoms with Gasteiger partial charge in [-0.1, -0.05) is 12.1 Å². The normalized spacial score (nSPS) is 12.9. The maximum absolute atomic E-state index is 11.2. The summed E-state index contributed by atoms with van der Waals surface area (Å²) in [7, 11) is -0.220. The first-order valence-corrected chi connectivity index (χ1v) is 9.21. The van der Waals surface area contributed by atoms with E-state index in [0.717, 1.165) is 11.8 Å². The molecule has 0 spiro atoms. The molecule has 0 aliphatic carbocycles. The van der Waals surface area contributed by atoms with Gasteiger partial charge in [0.2, 0.25) is 10.0 Å². The van der Waals surface area contributed by atoms with Crippen LogP contribution in [0.15, 0.2) is 29.2 Å². The molecule has 0 N–H and O–H groups in total. The minimum Gasteiger partial charge on any atom is -0.213 e. The molecule has 8 heteroatoms. The first-order chi connectivity index (χ1) is 8.10.